The second-order valence-corrected chi connectivity index (χ2v) is 0.892. The quantitative estimate of drug-likeness (QED) is 0.290. The zero-order valence-corrected chi connectivity index (χ0v) is 3.56. The van der Waals surface area contributed by atoms with Gasteiger partial charge in [-0.2, -0.15) is 0 Å². The molecule has 0 aliphatic carbocycles. The molecule has 0 atom stereocenters. The van der Waals surface area contributed by atoms with E-state index in [1.54, 1.807) is 6.92 Å². The van der Waals surface area contributed by atoms with E-state index in [0.29, 0.717) is 6.42 Å². The van der Waals surface area contributed by atoms with Crippen LogP contribution in [0.5, 0.6) is 0 Å². The lowest BCUT2D eigenvalue weighted by atomic mass is 10.5. The predicted octanol–water partition coefficient (Wildman–Crippen LogP) is 1.14. The summed E-state index contributed by atoms with van der Waals surface area (Å²) in [6.45, 7) is 1.71. The lowest BCUT2D eigenvalue weighted by Crippen LogP contribution is -1.81. The van der Waals surface area contributed by atoms with Crippen molar-refractivity contribution in [3.05, 3.63) is 4.91 Å². The summed E-state index contributed by atoms with van der Waals surface area (Å²) < 4.78 is 0. The molecule has 0 aromatic rings. The molecule has 3 heteroatoms. The molecule has 0 rings (SSSR count). The second-order valence-electron chi connectivity index (χ2n) is 0.892. The van der Waals surface area contributed by atoms with Gasteiger partial charge in [-0.25, -0.2) is 0 Å². The minimum absolute atomic E-state index is 0.0880. The van der Waals surface area contributed by atoms with Crippen molar-refractivity contribution in [2.24, 2.45) is 5.18 Å². The molecule has 0 aliphatic heterocycles. The van der Waals surface area contributed by atoms with Gasteiger partial charge in [0.2, 0.25) is 0 Å². The molecule has 1 N–H and O–H groups in total. The van der Waals surface area contributed by atoms with Crippen molar-refractivity contribution in [2.45, 2.75) is 13.3 Å². The Morgan fingerprint density at radius 1 is 2.00 bits per heavy atom. The zero-order chi connectivity index (χ0) is 4.99. The monoisotopic (exact) mass is 86.0 g/mol. The zero-order valence-electron chi connectivity index (χ0n) is 3.56. The van der Waals surface area contributed by atoms with Crippen LogP contribution in [0.3, 0.4) is 0 Å². The smallest absolute Gasteiger partial charge is 0.165 e. The van der Waals surface area contributed by atoms with Crippen molar-refractivity contribution in [2.75, 3.05) is 0 Å². The van der Waals surface area contributed by atoms with Gasteiger partial charge in [0, 0.05) is 6.42 Å². The highest BCUT2D eigenvalue weighted by molar-refractivity contribution is 5.79. The number of nitrogens with one attached hydrogen (secondary N) is 1. The summed E-state index contributed by atoms with van der Waals surface area (Å²) in [7, 11) is 0. The van der Waals surface area contributed by atoms with Crippen LogP contribution in [0, 0.1) is 10.3 Å². The normalized spacial score (nSPS) is 7.50. The SMILES string of the molecule is CCC(=N)N=O. The third-order valence-corrected chi connectivity index (χ3v) is 0.445. The van der Waals surface area contributed by atoms with Crippen molar-refractivity contribution >= 4 is 5.84 Å². The fraction of sp³-hybridized carbons (Fsp3) is 0.667. The van der Waals surface area contributed by atoms with E-state index in [9.17, 15) is 4.91 Å². The van der Waals surface area contributed by atoms with E-state index >= 15 is 0 Å². The Balaban J connectivity index is 3.23. The van der Waals surface area contributed by atoms with Crippen molar-refractivity contribution in [3.63, 3.8) is 0 Å². The van der Waals surface area contributed by atoms with E-state index in [1.807, 2.05) is 0 Å². The van der Waals surface area contributed by atoms with Crippen LogP contribution in [0.4, 0.5) is 0 Å². The molecule has 0 saturated heterocycles. The average Bonchev–Trinajstić information content (AvgIpc) is 1.65. The van der Waals surface area contributed by atoms with Gasteiger partial charge >= 0.3 is 0 Å². The maximum Gasteiger partial charge on any atom is 0.165 e. The minimum Gasteiger partial charge on any atom is -0.284 e. The van der Waals surface area contributed by atoms with Gasteiger partial charge < -0.3 is 0 Å². The van der Waals surface area contributed by atoms with E-state index in [-0.39, 0.29) is 5.84 Å². The fourth-order valence-corrected chi connectivity index (χ4v) is 0.0645. The van der Waals surface area contributed by atoms with Gasteiger partial charge in [0.1, 0.15) is 0 Å². The first-order chi connectivity index (χ1) is 2.81. The molecule has 0 saturated carbocycles. The lowest BCUT2D eigenvalue weighted by Gasteiger charge is -1.74. The number of nitroso groups, excluding NO2 is 1. The minimum atomic E-state index is -0.0880. The number of amidine groups is 1. The van der Waals surface area contributed by atoms with Gasteiger partial charge in [-0.15, -0.1) is 4.91 Å². The van der Waals surface area contributed by atoms with Crippen LogP contribution in [0.25, 0.3) is 0 Å². The van der Waals surface area contributed by atoms with Crippen LogP contribution in [-0.2, 0) is 0 Å². The summed E-state index contributed by atoms with van der Waals surface area (Å²) >= 11 is 0. The van der Waals surface area contributed by atoms with Crippen LogP contribution in [0.2, 0.25) is 0 Å². The van der Waals surface area contributed by atoms with E-state index in [2.05, 4.69) is 5.18 Å². The molecule has 0 bridgehead atoms. The number of nitrogens with zero attached hydrogens (tertiary/aromatic N) is 1. The van der Waals surface area contributed by atoms with Crippen LogP contribution >= 0.6 is 0 Å². The number of hydrogen-bond acceptors (Lipinski definition) is 2. The molecule has 0 unspecified atom stereocenters. The van der Waals surface area contributed by atoms with Crippen LogP contribution in [0.1, 0.15) is 13.3 Å². The highest BCUT2D eigenvalue weighted by Gasteiger charge is 1.82. The van der Waals surface area contributed by atoms with Gasteiger partial charge in [-0.3, -0.25) is 5.41 Å². The van der Waals surface area contributed by atoms with E-state index in [0.717, 1.165) is 0 Å². The molecule has 0 aromatic carbocycles. The summed E-state index contributed by atoms with van der Waals surface area (Å²) in [4.78, 5) is 9.26. The Morgan fingerprint density at radius 3 is 2.50 bits per heavy atom. The first-order valence-electron chi connectivity index (χ1n) is 1.72. The van der Waals surface area contributed by atoms with Gasteiger partial charge in [0.25, 0.3) is 0 Å². The molecular weight excluding hydrogens is 80.0 g/mol. The average molecular weight is 86.1 g/mol. The topological polar surface area (TPSA) is 53.3 Å². The molecule has 0 amide bonds. The van der Waals surface area contributed by atoms with Gasteiger partial charge in [0.15, 0.2) is 5.84 Å². The Kier molecular flexibility index (Phi) is 2.20. The van der Waals surface area contributed by atoms with Crippen LogP contribution in [-0.4, -0.2) is 5.84 Å². The summed E-state index contributed by atoms with van der Waals surface area (Å²) in [5.74, 6) is -0.0880. The van der Waals surface area contributed by atoms with Crippen LogP contribution in [0.15, 0.2) is 5.18 Å². The standard InChI is InChI=1S/C3H6N2O/c1-2-3(4)5-6/h4H,2H2,1H3. The Labute approximate surface area is 35.8 Å². The summed E-state index contributed by atoms with van der Waals surface area (Å²) in [6.07, 6.45) is 0.434. The van der Waals surface area contributed by atoms with Crippen molar-refractivity contribution in [1.82, 2.24) is 0 Å². The first-order valence-corrected chi connectivity index (χ1v) is 1.72. The van der Waals surface area contributed by atoms with Gasteiger partial charge in [0.05, 0.1) is 0 Å². The molecule has 0 spiro atoms. The Morgan fingerprint density at radius 2 is 2.50 bits per heavy atom. The lowest BCUT2D eigenvalue weighted by molar-refractivity contribution is 1.20. The summed E-state index contributed by atoms with van der Waals surface area (Å²) in [6, 6.07) is 0. The van der Waals surface area contributed by atoms with Crippen molar-refractivity contribution in [3.8, 4) is 0 Å². The molecule has 0 heterocycles. The van der Waals surface area contributed by atoms with Crippen LogP contribution < -0.4 is 0 Å². The maximum atomic E-state index is 9.26. The molecule has 34 valence electrons. The maximum absolute atomic E-state index is 9.26. The molecule has 0 aromatic heterocycles. The third kappa shape index (κ3) is 1.58. The molecule has 6 heavy (non-hydrogen) atoms. The van der Waals surface area contributed by atoms with E-state index < -0.39 is 0 Å². The third-order valence-electron chi connectivity index (χ3n) is 0.445. The largest absolute Gasteiger partial charge is 0.284 e. The molecule has 0 fully saturated rings. The van der Waals surface area contributed by atoms with Crippen molar-refractivity contribution in [1.29, 1.82) is 5.41 Å². The second kappa shape index (κ2) is 2.50. The molecular formula is C3H6N2O. The predicted molar refractivity (Wildman–Crippen MR) is 23.8 cm³/mol. The van der Waals surface area contributed by atoms with Gasteiger partial charge in [-0.1, -0.05) is 6.92 Å². The van der Waals surface area contributed by atoms with E-state index in [4.69, 9.17) is 5.41 Å². The Hall–Kier alpha value is -0.730. The number of rotatable bonds is 1. The number of hydrogen-bond donors (Lipinski definition) is 1. The molecule has 0 radical (unpaired) electrons. The summed E-state index contributed by atoms with van der Waals surface area (Å²) in [5.41, 5.74) is 0. The molecule has 3 nitrogen and oxygen atoms in total. The fourth-order valence-electron chi connectivity index (χ4n) is 0.0645. The highest BCUT2D eigenvalue weighted by Crippen LogP contribution is 1.77. The summed E-state index contributed by atoms with van der Waals surface area (Å²) in [5, 5.41) is 8.85. The first kappa shape index (κ1) is 5.27. The molecule has 0 aliphatic rings. The Bertz CT molecular complexity index is 69.2. The highest BCUT2D eigenvalue weighted by atomic mass is 16.3. The van der Waals surface area contributed by atoms with E-state index in [1.165, 1.54) is 0 Å². The van der Waals surface area contributed by atoms with Crippen molar-refractivity contribution < 1.29 is 0 Å². The van der Waals surface area contributed by atoms with Gasteiger partial charge in [-0.05, 0) is 5.18 Å².